The lowest BCUT2D eigenvalue weighted by Crippen LogP contribution is -2.35. The van der Waals surface area contributed by atoms with Gasteiger partial charge in [0.2, 0.25) is 11.8 Å². The molecular formula is C18H22N2O4. The van der Waals surface area contributed by atoms with Gasteiger partial charge in [0.15, 0.2) is 0 Å². The van der Waals surface area contributed by atoms with Gasteiger partial charge >= 0.3 is 5.97 Å². The molecule has 6 heteroatoms. The second-order valence-electron chi connectivity index (χ2n) is 5.79. The van der Waals surface area contributed by atoms with Crippen LogP contribution in [0.5, 0.6) is 0 Å². The Morgan fingerprint density at radius 1 is 1.21 bits per heavy atom. The summed E-state index contributed by atoms with van der Waals surface area (Å²) in [5, 5.41) is 11.4. The number of nitrogens with zero attached hydrogens (tertiary/aromatic N) is 1. The molecule has 0 aromatic heterocycles. The summed E-state index contributed by atoms with van der Waals surface area (Å²) in [5.41, 5.74) is 1.96. The Kier molecular flexibility index (Phi) is 6.12. The Hall–Kier alpha value is -2.63. The van der Waals surface area contributed by atoms with Gasteiger partial charge < -0.3 is 15.3 Å². The van der Waals surface area contributed by atoms with Crippen molar-refractivity contribution in [1.82, 2.24) is 10.2 Å². The first kappa shape index (κ1) is 17.7. The van der Waals surface area contributed by atoms with E-state index in [0.717, 1.165) is 11.1 Å². The van der Waals surface area contributed by atoms with Crippen LogP contribution in [0.1, 0.15) is 49.8 Å². The molecule has 0 aliphatic carbocycles. The lowest BCUT2D eigenvalue weighted by molar-refractivity contribution is -0.137. The molecule has 0 fully saturated rings. The van der Waals surface area contributed by atoms with Gasteiger partial charge in [-0.05, 0) is 30.0 Å². The fourth-order valence-corrected chi connectivity index (χ4v) is 2.79. The lowest BCUT2D eigenvalue weighted by atomic mass is 9.93. The van der Waals surface area contributed by atoms with Crippen LogP contribution in [0.2, 0.25) is 0 Å². The minimum Gasteiger partial charge on any atom is -0.481 e. The number of nitrogens with one attached hydrogen (secondary N) is 1. The average molecular weight is 330 g/mol. The van der Waals surface area contributed by atoms with Crippen molar-refractivity contribution in [2.24, 2.45) is 0 Å². The maximum absolute atomic E-state index is 12.2. The average Bonchev–Trinajstić information content (AvgIpc) is 2.54. The second-order valence-corrected chi connectivity index (χ2v) is 5.79. The van der Waals surface area contributed by atoms with E-state index in [2.05, 4.69) is 5.32 Å². The number of hydrogen-bond donors (Lipinski definition) is 2. The Morgan fingerprint density at radius 3 is 2.67 bits per heavy atom. The summed E-state index contributed by atoms with van der Waals surface area (Å²) >= 11 is 0. The molecule has 0 bridgehead atoms. The van der Waals surface area contributed by atoms with Crippen molar-refractivity contribution in [3.63, 3.8) is 0 Å². The molecule has 0 saturated carbocycles. The van der Waals surface area contributed by atoms with Gasteiger partial charge in [-0.1, -0.05) is 24.3 Å². The summed E-state index contributed by atoms with van der Waals surface area (Å²) in [6.45, 7) is 1.92. The minimum atomic E-state index is -0.830. The fraction of sp³-hybridized carbons (Fsp3) is 0.389. The Bertz CT molecular complexity index is 654. The molecule has 1 aliphatic heterocycles. The SMILES string of the molecule is CC(=O)N1C=Cc2ccccc2C1CC(=O)NCCCCC(=O)O. The number of carbonyl (C=O) groups excluding carboxylic acids is 2. The second kappa shape index (κ2) is 8.29. The van der Waals surface area contributed by atoms with Crippen molar-refractivity contribution in [1.29, 1.82) is 0 Å². The van der Waals surface area contributed by atoms with E-state index in [9.17, 15) is 14.4 Å². The monoisotopic (exact) mass is 330 g/mol. The number of unbranched alkanes of at least 4 members (excludes halogenated alkanes) is 1. The molecule has 1 heterocycles. The third kappa shape index (κ3) is 4.68. The zero-order chi connectivity index (χ0) is 17.5. The molecule has 2 amide bonds. The predicted octanol–water partition coefficient (Wildman–Crippen LogP) is 2.32. The van der Waals surface area contributed by atoms with Gasteiger partial charge in [-0.15, -0.1) is 0 Å². The molecule has 2 N–H and O–H groups in total. The molecule has 128 valence electrons. The number of carboxylic acid groups (broad SMARTS) is 1. The number of hydrogen-bond acceptors (Lipinski definition) is 3. The molecule has 1 aliphatic rings. The summed E-state index contributed by atoms with van der Waals surface area (Å²) in [7, 11) is 0. The molecule has 1 aromatic rings. The van der Waals surface area contributed by atoms with Crippen LogP contribution in [0.3, 0.4) is 0 Å². The van der Waals surface area contributed by atoms with Crippen molar-refractivity contribution in [3.05, 3.63) is 41.6 Å². The molecular weight excluding hydrogens is 308 g/mol. The van der Waals surface area contributed by atoms with Crippen LogP contribution in [0.15, 0.2) is 30.5 Å². The highest BCUT2D eigenvalue weighted by Crippen LogP contribution is 2.32. The molecule has 1 unspecified atom stereocenters. The van der Waals surface area contributed by atoms with E-state index in [1.54, 1.807) is 11.1 Å². The van der Waals surface area contributed by atoms with E-state index >= 15 is 0 Å². The maximum Gasteiger partial charge on any atom is 0.303 e. The summed E-state index contributed by atoms with van der Waals surface area (Å²) in [6.07, 6.45) is 5.03. The topological polar surface area (TPSA) is 86.7 Å². The van der Waals surface area contributed by atoms with Gasteiger partial charge in [-0.2, -0.15) is 0 Å². The third-order valence-corrected chi connectivity index (χ3v) is 3.99. The largest absolute Gasteiger partial charge is 0.481 e. The summed E-state index contributed by atoms with van der Waals surface area (Å²) in [6, 6.07) is 7.39. The Balaban J connectivity index is 1.95. The van der Waals surface area contributed by atoms with Gasteiger partial charge in [0.1, 0.15) is 0 Å². The minimum absolute atomic E-state index is 0.106. The Labute approximate surface area is 141 Å². The first-order valence-corrected chi connectivity index (χ1v) is 8.03. The summed E-state index contributed by atoms with van der Waals surface area (Å²) in [5.74, 6) is -1.09. The standard InChI is InChI=1S/C18H22N2O4/c1-13(21)20-11-9-14-6-2-3-7-15(14)16(20)12-17(22)19-10-5-4-8-18(23)24/h2-3,6-7,9,11,16H,4-5,8,10,12H2,1H3,(H,19,22)(H,23,24). The highest BCUT2D eigenvalue weighted by atomic mass is 16.4. The van der Waals surface area contributed by atoms with E-state index in [1.807, 2.05) is 30.3 Å². The Morgan fingerprint density at radius 2 is 1.96 bits per heavy atom. The zero-order valence-electron chi connectivity index (χ0n) is 13.7. The molecule has 0 radical (unpaired) electrons. The molecule has 1 atom stereocenters. The molecule has 2 rings (SSSR count). The highest BCUT2D eigenvalue weighted by Gasteiger charge is 2.27. The molecule has 1 aromatic carbocycles. The van der Waals surface area contributed by atoms with Crippen molar-refractivity contribution >= 4 is 23.9 Å². The zero-order valence-corrected chi connectivity index (χ0v) is 13.7. The molecule has 0 saturated heterocycles. The van der Waals surface area contributed by atoms with Crippen molar-refractivity contribution in [3.8, 4) is 0 Å². The highest BCUT2D eigenvalue weighted by molar-refractivity contribution is 5.81. The normalized spacial score (nSPS) is 15.7. The van der Waals surface area contributed by atoms with Crippen molar-refractivity contribution < 1.29 is 19.5 Å². The van der Waals surface area contributed by atoms with Crippen LogP contribution in [0, 0.1) is 0 Å². The van der Waals surface area contributed by atoms with Crippen LogP contribution >= 0.6 is 0 Å². The van der Waals surface area contributed by atoms with Crippen LogP contribution in [-0.2, 0) is 14.4 Å². The quantitative estimate of drug-likeness (QED) is 0.751. The smallest absolute Gasteiger partial charge is 0.303 e. The third-order valence-electron chi connectivity index (χ3n) is 3.99. The van der Waals surface area contributed by atoms with E-state index < -0.39 is 5.97 Å². The molecule has 0 spiro atoms. The number of carboxylic acids is 1. The maximum atomic E-state index is 12.2. The number of amides is 2. The first-order valence-electron chi connectivity index (χ1n) is 8.03. The number of rotatable bonds is 7. The number of fused-ring (bicyclic) bond motifs is 1. The lowest BCUT2D eigenvalue weighted by Gasteiger charge is -2.32. The number of aliphatic carboxylic acids is 1. The first-order chi connectivity index (χ1) is 11.5. The van der Waals surface area contributed by atoms with Crippen LogP contribution < -0.4 is 5.32 Å². The van der Waals surface area contributed by atoms with Crippen LogP contribution in [0.25, 0.3) is 6.08 Å². The van der Waals surface area contributed by atoms with Gasteiger partial charge in [-0.25, -0.2) is 0 Å². The number of benzene rings is 1. The molecule has 6 nitrogen and oxygen atoms in total. The van der Waals surface area contributed by atoms with Crippen LogP contribution in [0.4, 0.5) is 0 Å². The number of carbonyl (C=O) groups is 3. The predicted molar refractivity (Wildman–Crippen MR) is 89.9 cm³/mol. The van der Waals surface area contributed by atoms with Crippen molar-refractivity contribution in [2.75, 3.05) is 6.54 Å². The van der Waals surface area contributed by atoms with Gasteiger partial charge in [-0.3, -0.25) is 14.4 Å². The van der Waals surface area contributed by atoms with E-state index in [-0.39, 0.29) is 30.7 Å². The van der Waals surface area contributed by atoms with Gasteiger partial charge in [0.25, 0.3) is 0 Å². The fourth-order valence-electron chi connectivity index (χ4n) is 2.79. The van der Waals surface area contributed by atoms with E-state index in [0.29, 0.717) is 19.4 Å². The van der Waals surface area contributed by atoms with Crippen LogP contribution in [-0.4, -0.2) is 34.3 Å². The van der Waals surface area contributed by atoms with E-state index in [4.69, 9.17) is 5.11 Å². The molecule has 24 heavy (non-hydrogen) atoms. The van der Waals surface area contributed by atoms with E-state index in [1.165, 1.54) is 6.92 Å². The summed E-state index contributed by atoms with van der Waals surface area (Å²) in [4.78, 5) is 36.1. The van der Waals surface area contributed by atoms with Gasteiger partial charge in [0.05, 0.1) is 12.5 Å². The van der Waals surface area contributed by atoms with Crippen molar-refractivity contribution in [2.45, 2.75) is 38.6 Å². The summed E-state index contributed by atoms with van der Waals surface area (Å²) < 4.78 is 0. The van der Waals surface area contributed by atoms with Gasteiger partial charge in [0, 0.05) is 26.1 Å².